The normalized spacial score (nSPS) is 11.3. The minimum absolute atomic E-state index is 0.0481. The Morgan fingerprint density at radius 1 is 1.04 bits per heavy atom. The van der Waals surface area contributed by atoms with E-state index >= 15 is 0 Å². The quantitative estimate of drug-likeness (QED) is 0.626. The van der Waals surface area contributed by atoms with Gasteiger partial charge in [-0.3, -0.25) is 9.59 Å². The maximum absolute atomic E-state index is 12.5. The molecule has 0 atom stereocenters. The molecule has 0 aliphatic heterocycles. The van der Waals surface area contributed by atoms with Crippen molar-refractivity contribution >= 4 is 11.8 Å². The zero-order chi connectivity index (χ0) is 17.0. The highest BCUT2D eigenvalue weighted by Crippen LogP contribution is 2.23. The molecular formula is C19H23NO3. The molecule has 0 spiro atoms. The summed E-state index contributed by atoms with van der Waals surface area (Å²) >= 11 is 0. The van der Waals surface area contributed by atoms with Crippen LogP contribution in [0.3, 0.4) is 0 Å². The van der Waals surface area contributed by atoms with Crippen molar-refractivity contribution < 1.29 is 14.3 Å². The fourth-order valence-electron chi connectivity index (χ4n) is 2.32. The highest BCUT2D eigenvalue weighted by molar-refractivity contribution is 6.08. The van der Waals surface area contributed by atoms with Crippen molar-refractivity contribution in [3.05, 3.63) is 59.4 Å². The number of aromatic nitrogens is 1. The van der Waals surface area contributed by atoms with Crippen LogP contribution in [-0.4, -0.2) is 22.9 Å². The summed E-state index contributed by atoms with van der Waals surface area (Å²) in [6.07, 6.45) is 3.39. The van der Waals surface area contributed by atoms with Crippen LogP contribution >= 0.6 is 0 Å². The molecule has 23 heavy (non-hydrogen) atoms. The van der Waals surface area contributed by atoms with Crippen LogP contribution in [0.15, 0.2) is 42.7 Å². The third-order valence-electron chi connectivity index (χ3n) is 3.64. The molecule has 2 aromatic rings. The fourth-order valence-corrected chi connectivity index (χ4v) is 2.32. The molecule has 2 rings (SSSR count). The number of esters is 1. The van der Waals surface area contributed by atoms with Gasteiger partial charge in [0, 0.05) is 23.5 Å². The van der Waals surface area contributed by atoms with Gasteiger partial charge in [0.05, 0.1) is 6.61 Å². The molecule has 0 fully saturated rings. The second-order valence-electron chi connectivity index (χ2n) is 6.53. The van der Waals surface area contributed by atoms with Gasteiger partial charge in [0.25, 0.3) is 0 Å². The maximum Gasteiger partial charge on any atom is 0.325 e. The van der Waals surface area contributed by atoms with Crippen molar-refractivity contribution in [1.82, 2.24) is 4.57 Å². The Labute approximate surface area is 137 Å². The summed E-state index contributed by atoms with van der Waals surface area (Å²) in [6, 6.07) is 9.40. The number of carbonyl (C=O) groups is 2. The monoisotopic (exact) mass is 313 g/mol. The van der Waals surface area contributed by atoms with Gasteiger partial charge in [-0.15, -0.1) is 0 Å². The molecule has 0 radical (unpaired) electrons. The Morgan fingerprint density at radius 3 is 2.26 bits per heavy atom. The van der Waals surface area contributed by atoms with Gasteiger partial charge in [0.2, 0.25) is 0 Å². The summed E-state index contributed by atoms with van der Waals surface area (Å²) in [5.74, 6) is -0.357. The van der Waals surface area contributed by atoms with Gasteiger partial charge in [-0.05, 0) is 24.0 Å². The molecule has 1 aromatic heterocycles. The van der Waals surface area contributed by atoms with Crippen LogP contribution in [0.4, 0.5) is 0 Å². The average molecular weight is 313 g/mol. The van der Waals surface area contributed by atoms with Crippen molar-refractivity contribution in [2.75, 3.05) is 6.61 Å². The lowest BCUT2D eigenvalue weighted by molar-refractivity contribution is -0.143. The molecule has 0 saturated carbocycles. The van der Waals surface area contributed by atoms with Crippen LogP contribution in [0.1, 0.15) is 49.2 Å². The lowest BCUT2D eigenvalue weighted by Crippen LogP contribution is -2.12. The molecule has 0 unspecified atom stereocenters. The predicted octanol–water partition coefficient (Wildman–Crippen LogP) is 3.58. The number of hydrogen-bond donors (Lipinski definition) is 0. The van der Waals surface area contributed by atoms with Crippen molar-refractivity contribution in [2.45, 2.75) is 39.7 Å². The first kappa shape index (κ1) is 17.0. The molecule has 0 bridgehead atoms. The number of hydrogen-bond acceptors (Lipinski definition) is 3. The SMILES string of the molecule is CCOC(=O)Cn1ccc(C(=O)c2ccc(C(C)(C)C)cc2)c1. The number of ketones is 1. The molecule has 1 heterocycles. The molecule has 0 saturated heterocycles. The number of carbonyl (C=O) groups excluding carboxylic acids is 2. The molecule has 0 aliphatic carbocycles. The van der Waals surface area contributed by atoms with Gasteiger partial charge < -0.3 is 9.30 Å². The molecule has 1 aromatic carbocycles. The second-order valence-corrected chi connectivity index (χ2v) is 6.53. The smallest absolute Gasteiger partial charge is 0.325 e. The highest BCUT2D eigenvalue weighted by atomic mass is 16.5. The van der Waals surface area contributed by atoms with Crippen molar-refractivity contribution in [1.29, 1.82) is 0 Å². The zero-order valence-electron chi connectivity index (χ0n) is 14.1. The van der Waals surface area contributed by atoms with Gasteiger partial charge in [0.15, 0.2) is 5.78 Å². The summed E-state index contributed by atoms with van der Waals surface area (Å²) in [7, 11) is 0. The molecular weight excluding hydrogens is 290 g/mol. The van der Waals surface area contributed by atoms with Gasteiger partial charge in [-0.2, -0.15) is 0 Å². The molecule has 0 aliphatic rings. The molecule has 4 heteroatoms. The Kier molecular flexibility index (Phi) is 5.04. The Hall–Kier alpha value is -2.36. The van der Waals surface area contributed by atoms with Gasteiger partial charge in [0.1, 0.15) is 6.54 Å². The van der Waals surface area contributed by atoms with E-state index in [0.717, 1.165) is 0 Å². The second kappa shape index (κ2) is 6.82. The van der Waals surface area contributed by atoms with E-state index in [2.05, 4.69) is 20.8 Å². The Balaban J connectivity index is 2.12. The standard InChI is InChI=1S/C19H23NO3/c1-5-23-17(21)13-20-11-10-15(12-20)18(22)14-6-8-16(9-7-14)19(2,3)4/h6-12H,5,13H2,1-4H3. The molecule has 122 valence electrons. The third-order valence-corrected chi connectivity index (χ3v) is 3.64. The number of benzene rings is 1. The van der Waals surface area contributed by atoms with Crippen LogP contribution in [0.5, 0.6) is 0 Å². The van der Waals surface area contributed by atoms with Crippen molar-refractivity contribution in [2.24, 2.45) is 0 Å². The Morgan fingerprint density at radius 2 is 1.70 bits per heavy atom. The Bertz CT molecular complexity index is 690. The van der Waals surface area contributed by atoms with Gasteiger partial charge >= 0.3 is 5.97 Å². The van der Waals surface area contributed by atoms with Crippen molar-refractivity contribution in [3.63, 3.8) is 0 Å². The van der Waals surface area contributed by atoms with E-state index in [9.17, 15) is 9.59 Å². The predicted molar refractivity (Wildman–Crippen MR) is 89.6 cm³/mol. The van der Waals surface area contributed by atoms with E-state index in [-0.39, 0.29) is 23.7 Å². The molecule has 4 nitrogen and oxygen atoms in total. The van der Waals surface area contributed by atoms with E-state index in [0.29, 0.717) is 17.7 Å². The zero-order valence-corrected chi connectivity index (χ0v) is 14.1. The molecule has 0 amide bonds. The van der Waals surface area contributed by atoms with E-state index in [1.807, 2.05) is 24.3 Å². The maximum atomic E-state index is 12.5. The van der Waals surface area contributed by atoms with Gasteiger partial charge in [-0.25, -0.2) is 0 Å². The van der Waals surface area contributed by atoms with E-state index in [1.165, 1.54) is 5.56 Å². The van der Waals surface area contributed by atoms with E-state index in [4.69, 9.17) is 4.74 Å². The highest BCUT2D eigenvalue weighted by Gasteiger charge is 2.16. The first-order chi connectivity index (χ1) is 10.8. The largest absolute Gasteiger partial charge is 0.465 e. The van der Waals surface area contributed by atoms with Crippen LogP contribution in [0.25, 0.3) is 0 Å². The van der Waals surface area contributed by atoms with E-state index < -0.39 is 0 Å². The summed E-state index contributed by atoms with van der Waals surface area (Å²) in [5.41, 5.74) is 2.46. The summed E-state index contributed by atoms with van der Waals surface area (Å²) < 4.78 is 6.56. The lowest BCUT2D eigenvalue weighted by atomic mass is 9.86. The average Bonchev–Trinajstić information content (AvgIpc) is 2.94. The lowest BCUT2D eigenvalue weighted by Gasteiger charge is -2.18. The number of rotatable bonds is 5. The first-order valence-electron chi connectivity index (χ1n) is 7.78. The molecule has 0 N–H and O–H groups in total. The summed E-state index contributed by atoms with van der Waals surface area (Å²) in [6.45, 7) is 8.65. The summed E-state index contributed by atoms with van der Waals surface area (Å²) in [5, 5.41) is 0. The fraction of sp³-hybridized carbons (Fsp3) is 0.368. The van der Waals surface area contributed by atoms with Gasteiger partial charge in [-0.1, -0.05) is 45.0 Å². The van der Waals surface area contributed by atoms with Crippen LogP contribution in [0.2, 0.25) is 0 Å². The van der Waals surface area contributed by atoms with Crippen LogP contribution in [-0.2, 0) is 21.5 Å². The van der Waals surface area contributed by atoms with Crippen LogP contribution in [0, 0.1) is 0 Å². The topological polar surface area (TPSA) is 48.3 Å². The van der Waals surface area contributed by atoms with Crippen LogP contribution < -0.4 is 0 Å². The minimum atomic E-state index is -0.309. The van der Waals surface area contributed by atoms with E-state index in [1.54, 1.807) is 30.0 Å². The minimum Gasteiger partial charge on any atom is -0.465 e. The summed E-state index contributed by atoms with van der Waals surface area (Å²) in [4.78, 5) is 24.0. The number of ether oxygens (including phenoxy) is 1. The van der Waals surface area contributed by atoms with Crippen molar-refractivity contribution in [3.8, 4) is 0 Å². The first-order valence-corrected chi connectivity index (χ1v) is 7.78. The number of nitrogens with zero attached hydrogens (tertiary/aromatic N) is 1. The third kappa shape index (κ3) is 4.31.